The van der Waals surface area contributed by atoms with Crippen molar-refractivity contribution in [1.82, 2.24) is 0 Å². The molecule has 0 unspecified atom stereocenters. The second-order valence-corrected chi connectivity index (χ2v) is 5.52. The number of amides is 2. The molecule has 0 saturated carbocycles. The van der Waals surface area contributed by atoms with E-state index < -0.39 is 5.97 Å². The number of carbonyl (C=O) groups excluding carboxylic acids is 2. The number of nitrogens with one attached hydrogen (secondary N) is 2. The lowest BCUT2D eigenvalue weighted by Gasteiger charge is -2.10. The molecular formula is C16H15BrN2O3. The van der Waals surface area contributed by atoms with Gasteiger partial charge in [0, 0.05) is 28.8 Å². The highest BCUT2D eigenvalue weighted by molar-refractivity contribution is 9.10. The molecule has 6 heteroatoms. The fraction of sp³-hybridized carbons (Fsp3) is 0.125. The third-order valence-corrected chi connectivity index (χ3v) is 3.66. The number of ether oxygens (including phenoxy) is 1. The average Bonchev–Trinajstić information content (AvgIpc) is 2.42. The number of hydrogen-bond donors (Lipinski definition) is 2. The Morgan fingerprint density at radius 3 is 2.36 bits per heavy atom. The number of hydrogen-bond acceptors (Lipinski definition) is 3. The fourth-order valence-electron chi connectivity index (χ4n) is 1.82. The van der Waals surface area contributed by atoms with Crippen LogP contribution < -0.4 is 15.4 Å². The van der Waals surface area contributed by atoms with Crippen molar-refractivity contribution in [3.8, 4) is 5.75 Å². The summed E-state index contributed by atoms with van der Waals surface area (Å²) in [6, 6.07) is 11.8. The summed E-state index contributed by atoms with van der Waals surface area (Å²) in [6.45, 7) is 3.26. The summed E-state index contributed by atoms with van der Waals surface area (Å²) in [5.41, 5.74) is 2.24. The number of esters is 1. The van der Waals surface area contributed by atoms with Gasteiger partial charge in [-0.3, -0.25) is 4.79 Å². The molecule has 5 nitrogen and oxygen atoms in total. The minimum absolute atomic E-state index is 0.373. The van der Waals surface area contributed by atoms with Crippen LogP contribution in [0, 0.1) is 6.92 Å². The van der Waals surface area contributed by atoms with E-state index in [1.54, 1.807) is 30.3 Å². The number of halogens is 1. The molecule has 0 aliphatic heterocycles. The van der Waals surface area contributed by atoms with E-state index >= 15 is 0 Å². The Morgan fingerprint density at radius 2 is 1.73 bits per heavy atom. The Kier molecular flexibility index (Phi) is 5.16. The van der Waals surface area contributed by atoms with Crippen LogP contribution in [0.3, 0.4) is 0 Å². The number of benzene rings is 2. The van der Waals surface area contributed by atoms with Crippen molar-refractivity contribution in [2.75, 3.05) is 10.6 Å². The zero-order valence-corrected chi connectivity index (χ0v) is 13.7. The zero-order chi connectivity index (χ0) is 16.1. The predicted molar refractivity (Wildman–Crippen MR) is 89.3 cm³/mol. The summed E-state index contributed by atoms with van der Waals surface area (Å²) in [4.78, 5) is 22.9. The van der Waals surface area contributed by atoms with Gasteiger partial charge >= 0.3 is 12.0 Å². The molecule has 0 saturated heterocycles. The minimum atomic E-state index is -0.410. The maximum Gasteiger partial charge on any atom is 0.323 e. The first kappa shape index (κ1) is 16.0. The predicted octanol–water partition coefficient (Wildman–Crippen LogP) is 4.33. The number of rotatable bonds is 3. The van der Waals surface area contributed by atoms with Gasteiger partial charge in [0.05, 0.1) is 0 Å². The van der Waals surface area contributed by atoms with Crippen molar-refractivity contribution in [1.29, 1.82) is 0 Å². The Hall–Kier alpha value is -2.34. The van der Waals surface area contributed by atoms with Crippen LogP contribution >= 0.6 is 15.9 Å². The van der Waals surface area contributed by atoms with Gasteiger partial charge in [-0.1, -0.05) is 22.0 Å². The number of carbonyl (C=O) groups is 2. The smallest absolute Gasteiger partial charge is 0.323 e. The lowest BCUT2D eigenvalue weighted by Crippen LogP contribution is -2.19. The third-order valence-electron chi connectivity index (χ3n) is 2.77. The van der Waals surface area contributed by atoms with Gasteiger partial charge in [-0.2, -0.15) is 0 Å². The summed E-state index contributed by atoms with van der Waals surface area (Å²) < 4.78 is 5.95. The van der Waals surface area contributed by atoms with Gasteiger partial charge in [0.15, 0.2) is 0 Å². The molecule has 0 spiro atoms. The molecule has 2 N–H and O–H groups in total. The second kappa shape index (κ2) is 7.09. The van der Waals surface area contributed by atoms with Gasteiger partial charge in [-0.05, 0) is 42.8 Å². The summed E-state index contributed by atoms with van der Waals surface area (Å²) >= 11 is 3.41. The van der Waals surface area contributed by atoms with Crippen molar-refractivity contribution in [2.45, 2.75) is 13.8 Å². The molecule has 2 rings (SSSR count). The van der Waals surface area contributed by atoms with Gasteiger partial charge in [-0.15, -0.1) is 0 Å². The lowest BCUT2D eigenvalue weighted by molar-refractivity contribution is -0.131. The van der Waals surface area contributed by atoms with Crippen molar-refractivity contribution in [3.63, 3.8) is 0 Å². The van der Waals surface area contributed by atoms with E-state index in [2.05, 4.69) is 26.6 Å². The van der Waals surface area contributed by atoms with Crippen LogP contribution in [0.4, 0.5) is 16.2 Å². The monoisotopic (exact) mass is 362 g/mol. The first-order valence-corrected chi connectivity index (χ1v) is 7.36. The number of aryl methyl sites for hydroxylation is 1. The Bertz CT molecular complexity index is 716. The van der Waals surface area contributed by atoms with Crippen LogP contribution in [-0.4, -0.2) is 12.0 Å². The van der Waals surface area contributed by atoms with Crippen LogP contribution in [0.5, 0.6) is 5.75 Å². The maximum atomic E-state index is 12.0. The van der Waals surface area contributed by atoms with E-state index in [0.29, 0.717) is 17.1 Å². The molecule has 0 aliphatic rings. The average molecular weight is 363 g/mol. The van der Waals surface area contributed by atoms with Crippen molar-refractivity contribution in [3.05, 3.63) is 52.5 Å². The SMILES string of the molecule is CC(=O)Oc1cccc(NC(=O)Nc2ccc(Br)c(C)c2)c1. The van der Waals surface area contributed by atoms with E-state index in [-0.39, 0.29) is 6.03 Å². The molecule has 0 aromatic heterocycles. The molecule has 2 amide bonds. The number of anilines is 2. The van der Waals surface area contributed by atoms with Crippen molar-refractivity contribution < 1.29 is 14.3 Å². The third kappa shape index (κ3) is 4.60. The highest BCUT2D eigenvalue weighted by Crippen LogP contribution is 2.21. The first-order chi connectivity index (χ1) is 10.4. The van der Waals surface area contributed by atoms with Crippen LogP contribution in [0.15, 0.2) is 46.9 Å². The topological polar surface area (TPSA) is 67.4 Å². The van der Waals surface area contributed by atoms with Gasteiger partial charge in [0.2, 0.25) is 0 Å². The molecule has 0 bridgehead atoms. The molecule has 114 valence electrons. The molecule has 0 fully saturated rings. The van der Waals surface area contributed by atoms with Crippen LogP contribution in [0.2, 0.25) is 0 Å². The second-order valence-electron chi connectivity index (χ2n) is 4.66. The summed E-state index contributed by atoms with van der Waals surface area (Å²) in [7, 11) is 0. The molecule has 0 aliphatic carbocycles. The molecule has 0 radical (unpaired) electrons. The molecule has 0 atom stereocenters. The fourth-order valence-corrected chi connectivity index (χ4v) is 2.07. The van der Waals surface area contributed by atoms with Gasteiger partial charge in [-0.25, -0.2) is 4.79 Å². The Balaban J connectivity index is 2.02. The van der Waals surface area contributed by atoms with Crippen LogP contribution in [0.25, 0.3) is 0 Å². The van der Waals surface area contributed by atoms with Crippen molar-refractivity contribution in [2.24, 2.45) is 0 Å². The van der Waals surface area contributed by atoms with E-state index in [9.17, 15) is 9.59 Å². The summed E-state index contributed by atoms with van der Waals surface area (Å²) in [6.07, 6.45) is 0. The van der Waals surface area contributed by atoms with Gasteiger partial charge in [0.1, 0.15) is 5.75 Å². The highest BCUT2D eigenvalue weighted by atomic mass is 79.9. The summed E-state index contributed by atoms with van der Waals surface area (Å²) in [5, 5.41) is 5.43. The van der Waals surface area contributed by atoms with E-state index in [1.165, 1.54) is 6.92 Å². The molecule has 2 aromatic carbocycles. The molecule has 0 heterocycles. The number of urea groups is 1. The van der Waals surface area contributed by atoms with E-state index in [4.69, 9.17) is 4.74 Å². The molecule has 22 heavy (non-hydrogen) atoms. The first-order valence-electron chi connectivity index (χ1n) is 6.56. The zero-order valence-electron chi connectivity index (χ0n) is 12.1. The van der Waals surface area contributed by atoms with E-state index in [0.717, 1.165) is 10.0 Å². The summed E-state index contributed by atoms with van der Waals surface area (Å²) in [5.74, 6) is -0.0308. The normalized spacial score (nSPS) is 9.95. The Morgan fingerprint density at radius 1 is 1.05 bits per heavy atom. The quantitative estimate of drug-likeness (QED) is 0.630. The Labute approximate surface area is 136 Å². The van der Waals surface area contributed by atoms with Crippen molar-refractivity contribution >= 4 is 39.3 Å². The highest BCUT2D eigenvalue weighted by Gasteiger charge is 2.05. The van der Waals surface area contributed by atoms with Gasteiger partial charge < -0.3 is 15.4 Å². The van der Waals surface area contributed by atoms with E-state index in [1.807, 2.05) is 19.1 Å². The standard InChI is InChI=1S/C16H15BrN2O3/c1-10-8-13(6-7-15(10)17)19-16(21)18-12-4-3-5-14(9-12)22-11(2)20/h3-9H,1-2H3,(H2,18,19,21). The maximum absolute atomic E-state index is 12.0. The largest absolute Gasteiger partial charge is 0.427 e. The van der Waals surface area contributed by atoms with Gasteiger partial charge in [0.25, 0.3) is 0 Å². The van der Waals surface area contributed by atoms with Crippen LogP contribution in [-0.2, 0) is 4.79 Å². The lowest BCUT2D eigenvalue weighted by atomic mass is 10.2. The molecule has 2 aromatic rings. The van der Waals surface area contributed by atoms with Crippen LogP contribution in [0.1, 0.15) is 12.5 Å². The minimum Gasteiger partial charge on any atom is -0.427 e. The molecular weight excluding hydrogens is 348 g/mol.